The minimum absolute atomic E-state index is 0.117. The van der Waals surface area contributed by atoms with Gasteiger partial charge in [0.05, 0.1) is 6.42 Å². The van der Waals surface area contributed by atoms with E-state index in [9.17, 15) is 13.2 Å². The highest BCUT2D eigenvalue weighted by molar-refractivity contribution is 5.41. The molecule has 18 heavy (non-hydrogen) atoms. The maximum atomic E-state index is 12.1. The molecule has 0 saturated carbocycles. The van der Waals surface area contributed by atoms with E-state index in [1.54, 1.807) is 13.1 Å². The number of alkyl halides is 3. The van der Waals surface area contributed by atoms with E-state index in [1.807, 2.05) is 6.92 Å². The molecule has 102 valence electrons. The van der Waals surface area contributed by atoms with Crippen molar-refractivity contribution < 1.29 is 13.2 Å². The van der Waals surface area contributed by atoms with Gasteiger partial charge in [0.2, 0.25) is 5.95 Å². The van der Waals surface area contributed by atoms with Crippen LogP contribution in [0.5, 0.6) is 0 Å². The molecule has 0 aromatic carbocycles. The molecule has 0 aliphatic heterocycles. The highest BCUT2D eigenvalue weighted by Gasteiger charge is 2.27. The number of rotatable bonds is 6. The number of aromatic nitrogens is 2. The topological polar surface area (TPSA) is 41.1 Å². The van der Waals surface area contributed by atoms with E-state index >= 15 is 0 Å². The lowest BCUT2D eigenvalue weighted by atomic mass is 10.4. The van der Waals surface area contributed by atoms with Crippen LogP contribution in [0.2, 0.25) is 0 Å². The molecular weight excluding hydrogens is 245 g/mol. The Hall–Kier alpha value is -1.53. The summed E-state index contributed by atoms with van der Waals surface area (Å²) in [5.41, 5.74) is 0. The molecule has 0 unspecified atom stereocenters. The molecule has 0 bridgehead atoms. The molecule has 4 nitrogen and oxygen atoms in total. The fourth-order valence-corrected chi connectivity index (χ4v) is 1.29. The molecule has 0 saturated heterocycles. The Labute approximate surface area is 104 Å². The third kappa shape index (κ3) is 5.20. The van der Waals surface area contributed by atoms with Gasteiger partial charge in [-0.15, -0.1) is 0 Å². The number of nitrogens with zero attached hydrogens (tertiary/aromatic N) is 3. The first-order chi connectivity index (χ1) is 8.42. The Morgan fingerprint density at radius 2 is 2.11 bits per heavy atom. The van der Waals surface area contributed by atoms with Crippen molar-refractivity contribution >= 4 is 11.8 Å². The summed E-state index contributed by atoms with van der Waals surface area (Å²) in [7, 11) is 1.58. The lowest BCUT2D eigenvalue weighted by Crippen LogP contribution is -2.25. The van der Waals surface area contributed by atoms with Crippen molar-refractivity contribution in [1.29, 1.82) is 0 Å². The summed E-state index contributed by atoms with van der Waals surface area (Å²) in [6, 6.07) is 1.59. The molecule has 0 atom stereocenters. The average molecular weight is 262 g/mol. The molecule has 0 spiro atoms. The number of nitrogens with one attached hydrogen (secondary N) is 1. The predicted octanol–water partition coefficient (Wildman–Crippen LogP) is 2.69. The van der Waals surface area contributed by atoms with Gasteiger partial charge >= 0.3 is 6.18 Å². The fraction of sp³-hybridized carbons (Fsp3) is 0.636. The molecule has 7 heteroatoms. The number of anilines is 2. The molecule has 0 fully saturated rings. The van der Waals surface area contributed by atoms with Crippen LogP contribution in [0.3, 0.4) is 0 Å². The Bertz CT molecular complexity index is 368. The summed E-state index contributed by atoms with van der Waals surface area (Å²) in [5.74, 6) is 0.918. The van der Waals surface area contributed by atoms with Crippen molar-refractivity contribution in [3.8, 4) is 0 Å². The first-order valence-corrected chi connectivity index (χ1v) is 5.77. The molecular formula is C11H17F3N4. The summed E-state index contributed by atoms with van der Waals surface area (Å²) in [5, 5.41) is 2.99. The van der Waals surface area contributed by atoms with Crippen molar-refractivity contribution in [1.82, 2.24) is 9.97 Å². The van der Waals surface area contributed by atoms with Crippen LogP contribution in [-0.4, -0.2) is 36.3 Å². The highest BCUT2D eigenvalue weighted by Crippen LogP contribution is 2.21. The van der Waals surface area contributed by atoms with Crippen molar-refractivity contribution in [2.45, 2.75) is 25.9 Å². The third-order valence-corrected chi connectivity index (χ3v) is 2.30. The maximum absolute atomic E-state index is 12.1. The van der Waals surface area contributed by atoms with E-state index in [-0.39, 0.29) is 6.54 Å². The van der Waals surface area contributed by atoms with Gasteiger partial charge in [0, 0.05) is 26.3 Å². The van der Waals surface area contributed by atoms with Gasteiger partial charge in [-0.1, -0.05) is 6.92 Å². The zero-order chi connectivity index (χ0) is 13.6. The van der Waals surface area contributed by atoms with Crippen LogP contribution in [-0.2, 0) is 0 Å². The summed E-state index contributed by atoms with van der Waals surface area (Å²) >= 11 is 0. The standard InChI is InChI=1S/C11H17F3N4/c1-3-6-15-10-16-7-4-9(17-10)18(2)8-5-11(12,13)14/h4,7H,3,5-6,8H2,1-2H3,(H,15,16,17). The van der Waals surface area contributed by atoms with Crippen LogP contribution in [0.1, 0.15) is 19.8 Å². The quantitative estimate of drug-likeness (QED) is 0.855. The zero-order valence-electron chi connectivity index (χ0n) is 10.5. The molecule has 0 aliphatic carbocycles. The van der Waals surface area contributed by atoms with E-state index in [1.165, 1.54) is 11.1 Å². The van der Waals surface area contributed by atoms with Gasteiger partial charge in [0.1, 0.15) is 5.82 Å². The van der Waals surface area contributed by atoms with Gasteiger partial charge in [0.15, 0.2) is 0 Å². The van der Waals surface area contributed by atoms with Gasteiger partial charge in [0.25, 0.3) is 0 Å². The van der Waals surface area contributed by atoms with Crippen molar-refractivity contribution in [2.24, 2.45) is 0 Å². The van der Waals surface area contributed by atoms with Gasteiger partial charge < -0.3 is 10.2 Å². The predicted molar refractivity (Wildman–Crippen MR) is 64.8 cm³/mol. The van der Waals surface area contributed by atoms with Crippen LogP contribution in [0.15, 0.2) is 12.3 Å². The zero-order valence-corrected chi connectivity index (χ0v) is 10.5. The summed E-state index contributed by atoms with van der Waals surface area (Å²) in [4.78, 5) is 9.61. The molecule has 0 amide bonds. The second-order valence-corrected chi connectivity index (χ2v) is 3.95. The van der Waals surface area contributed by atoms with Crippen molar-refractivity contribution in [3.05, 3.63) is 12.3 Å². The number of hydrogen-bond donors (Lipinski definition) is 1. The minimum Gasteiger partial charge on any atom is -0.359 e. The van der Waals surface area contributed by atoms with Gasteiger partial charge in [-0.05, 0) is 12.5 Å². The summed E-state index contributed by atoms with van der Waals surface area (Å²) in [6.07, 6.45) is -2.54. The summed E-state index contributed by atoms with van der Waals surface area (Å²) < 4.78 is 36.3. The highest BCUT2D eigenvalue weighted by atomic mass is 19.4. The Kier molecular flexibility index (Phi) is 5.18. The van der Waals surface area contributed by atoms with Crippen LogP contribution in [0.4, 0.5) is 24.9 Å². The van der Waals surface area contributed by atoms with Crippen LogP contribution in [0, 0.1) is 0 Å². The molecule has 1 heterocycles. The van der Waals surface area contributed by atoms with Crippen LogP contribution >= 0.6 is 0 Å². The lowest BCUT2D eigenvalue weighted by molar-refractivity contribution is -0.132. The van der Waals surface area contributed by atoms with Gasteiger partial charge in [-0.25, -0.2) is 4.98 Å². The van der Waals surface area contributed by atoms with E-state index in [4.69, 9.17) is 0 Å². The second kappa shape index (κ2) is 6.42. The maximum Gasteiger partial charge on any atom is 0.390 e. The van der Waals surface area contributed by atoms with Crippen LogP contribution < -0.4 is 10.2 Å². The Morgan fingerprint density at radius 3 is 2.72 bits per heavy atom. The van der Waals surface area contributed by atoms with E-state index in [0.29, 0.717) is 11.8 Å². The molecule has 1 aromatic heterocycles. The second-order valence-electron chi connectivity index (χ2n) is 3.95. The fourth-order valence-electron chi connectivity index (χ4n) is 1.29. The molecule has 1 N–H and O–H groups in total. The smallest absolute Gasteiger partial charge is 0.359 e. The van der Waals surface area contributed by atoms with E-state index in [2.05, 4.69) is 15.3 Å². The molecule has 0 radical (unpaired) electrons. The SMILES string of the molecule is CCCNc1nccc(N(C)CCC(F)(F)F)n1. The van der Waals surface area contributed by atoms with Crippen LogP contribution in [0.25, 0.3) is 0 Å². The number of hydrogen-bond acceptors (Lipinski definition) is 4. The molecule has 1 rings (SSSR count). The average Bonchev–Trinajstić information content (AvgIpc) is 2.33. The van der Waals surface area contributed by atoms with Crippen molar-refractivity contribution in [3.63, 3.8) is 0 Å². The van der Waals surface area contributed by atoms with E-state index in [0.717, 1.165) is 13.0 Å². The lowest BCUT2D eigenvalue weighted by Gasteiger charge is -2.19. The Balaban J connectivity index is 2.59. The largest absolute Gasteiger partial charge is 0.390 e. The van der Waals surface area contributed by atoms with Gasteiger partial charge in [-0.2, -0.15) is 18.2 Å². The van der Waals surface area contributed by atoms with E-state index < -0.39 is 12.6 Å². The molecule has 0 aliphatic rings. The molecule has 1 aromatic rings. The Morgan fingerprint density at radius 1 is 1.39 bits per heavy atom. The first kappa shape index (κ1) is 14.5. The monoisotopic (exact) mass is 262 g/mol. The third-order valence-electron chi connectivity index (χ3n) is 2.30. The van der Waals surface area contributed by atoms with Crippen molar-refractivity contribution in [2.75, 3.05) is 30.4 Å². The normalized spacial score (nSPS) is 11.4. The number of halogens is 3. The first-order valence-electron chi connectivity index (χ1n) is 5.77. The summed E-state index contributed by atoms with van der Waals surface area (Å²) in [6.45, 7) is 2.62. The minimum atomic E-state index is -4.15. The van der Waals surface area contributed by atoms with Gasteiger partial charge in [-0.3, -0.25) is 0 Å².